The lowest BCUT2D eigenvalue weighted by atomic mass is 10.00. The van der Waals surface area contributed by atoms with Gasteiger partial charge in [-0.25, -0.2) is 9.97 Å². The summed E-state index contributed by atoms with van der Waals surface area (Å²) < 4.78 is 2.08. The molecule has 0 aliphatic carbocycles. The van der Waals surface area contributed by atoms with Gasteiger partial charge < -0.3 is 10.6 Å². The number of imidazole rings is 1. The smallest absolute Gasteiger partial charge is 0.194 e. The van der Waals surface area contributed by atoms with Gasteiger partial charge in [0.05, 0.1) is 24.3 Å². The Hall–Kier alpha value is -1.99. The zero-order valence-electron chi connectivity index (χ0n) is 13.3. The lowest BCUT2D eigenvalue weighted by molar-refractivity contribution is 0.388. The highest BCUT2D eigenvalue weighted by atomic mass is 32.1. The van der Waals surface area contributed by atoms with Gasteiger partial charge in [0.2, 0.25) is 0 Å². The van der Waals surface area contributed by atoms with Crippen molar-refractivity contribution in [1.82, 2.24) is 24.7 Å². The van der Waals surface area contributed by atoms with Gasteiger partial charge in [-0.1, -0.05) is 0 Å². The second-order valence-corrected chi connectivity index (χ2v) is 7.28. The molecule has 23 heavy (non-hydrogen) atoms. The first-order valence-electron chi connectivity index (χ1n) is 7.96. The Balaban J connectivity index is 1.63. The van der Waals surface area contributed by atoms with Gasteiger partial charge in [-0.3, -0.25) is 9.38 Å². The van der Waals surface area contributed by atoms with Gasteiger partial charge in [0.1, 0.15) is 11.5 Å². The second kappa shape index (κ2) is 5.90. The fourth-order valence-corrected chi connectivity index (χ4v) is 3.88. The normalized spacial score (nSPS) is 21.7. The maximum atomic E-state index is 4.75. The van der Waals surface area contributed by atoms with Crippen LogP contribution in [0.15, 0.2) is 24.8 Å². The molecule has 1 saturated heterocycles. The van der Waals surface area contributed by atoms with Crippen molar-refractivity contribution in [2.24, 2.45) is 0 Å². The fraction of sp³-hybridized carbons (Fsp3) is 0.438. The molecular weight excluding hydrogens is 308 g/mol. The summed E-state index contributed by atoms with van der Waals surface area (Å²) in [5.41, 5.74) is 1.83. The first kappa shape index (κ1) is 14.6. The van der Waals surface area contributed by atoms with Crippen molar-refractivity contribution in [1.29, 1.82) is 0 Å². The molecule has 4 rings (SSSR count). The molecule has 3 aromatic heterocycles. The minimum atomic E-state index is 0.391. The highest BCUT2D eigenvalue weighted by Gasteiger charge is 2.21. The highest BCUT2D eigenvalue weighted by molar-refractivity contribution is 7.17. The van der Waals surface area contributed by atoms with Crippen molar-refractivity contribution in [3.8, 4) is 11.4 Å². The van der Waals surface area contributed by atoms with Gasteiger partial charge >= 0.3 is 0 Å². The average molecular weight is 328 g/mol. The summed E-state index contributed by atoms with van der Waals surface area (Å²) in [6.45, 7) is 5.39. The van der Waals surface area contributed by atoms with E-state index in [1.165, 1.54) is 11.3 Å². The number of aryl methyl sites for hydroxylation is 1. The third kappa shape index (κ3) is 2.82. The number of hydrogen-bond acceptors (Lipinski definition) is 6. The Bertz CT molecular complexity index is 823. The van der Waals surface area contributed by atoms with E-state index in [-0.39, 0.29) is 0 Å². The van der Waals surface area contributed by atoms with E-state index in [0.717, 1.165) is 35.1 Å². The number of nitrogens with one attached hydrogen (secondary N) is 2. The molecule has 7 heteroatoms. The minimum absolute atomic E-state index is 0.391. The van der Waals surface area contributed by atoms with Crippen molar-refractivity contribution in [3.63, 3.8) is 0 Å². The molecule has 0 unspecified atom stereocenters. The van der Waals surface area contributed by atoms with E-state index in [9.17, 15) is 0 Å². The van der Waals surface area contributed by atoms with Crippen molar-refractivity contribution < 1.29 is 0 Å². The van der Waals surface area contributed by atoms with Crippen LogP contribution in [-0.2, 0) is 0 Å². The average Bonchev–Trinajstić information content (AvgIpc) is 3.09. The van der Waals surface area contributed by atoms with Crippen LogP contribution in [0.1, 0.15) is 24.6 Å². The molecule has 1 aliphatic heterocycles. The zero-order valence-corrected chi connectivity index (χ0v) is 14.1. The predicted octanol–water partition coefficient (Wildman–Crippen LogP) is 2.71. The highest BCUT2D eigenvalue weighted by Crippen LogP contribution is 2.25. The van der Waals surface area contributed by atoms with E-state index in [4.69, 9.17) is 4.98 Å². The molecule has 0 saturated carbocycles. The third-order valence-corrected chi connectivity index (χ3v) is 5.23. The standard InChI is InChI=1S/C16H20N6S/c1-10-9-22-14(7-19-16(22)23-10)13-6-17-8-15(21-13)20-12-4-3-5-18-11(12)2/h6-9,11-12,18H,3-5H2,1-2H3,(H,20,21)/t11-,12+/m0/s1. The fourth-order valence-electron chi connectivity index (χ4n) is 3.08. The Kier molecular flexibility index (Phi) is 3.74. The molecule has 2 atom stereocenters. The minimum Gasteiger partial charge on any atom is -0.364 e. The molecule has 1 aliphatic rings. The summed E-state index contributed by atoms with van der Waals surface area (Å²) in [6.07, 6.45) is 9.89. The number of nitrogens with zero attached hydrogens (tertiary/aromatic N) is 4. The van der Waals surface area contributed by atoms with Crippen LogP contribution in [0.4, 0.5) is 5.82 Å². The molecule has 1 fully saturated rings. The van der Waals surface area contributed by atoms with Crippen LogP contribution < -0.4 is 10.6 Å². The number of fused-ring (bicyclic) bond motifs is 1. The van der Waals surface area contributed by atoms with Crippen LogP contribution >= 0.6 is 11.3 Å². The molecule has 6 nitrogen and oxygen atoms in total. The van der Waals surface area contributed by atoms with E-state index in [0.29, 0.717) is 12.1 Å². The Labute approximate surface area is 139 Å². The molecule has 120 valence electrons. The number of rotatable bonds is 3. The monoisotopic (exact) mass is 328 g/mol. The summed E-state index contributed by atoms with van der Waals surface area (Å²) in [6, 6.07) is 0.831. The predicted molar refractivity (Wildman–Crippen MR) is 92.9 cm³/mol. The van der Waals surface area contributed by atoms with Crippen molar-refractivity contribution in [2.75, 3.05) is 11.9 Å². The van der Waals surface area contributed by atoms with Crippen LogP contribution in [0.5, 0.6) is 0 Å². The second-order valence-electron chi connectivity index (χ2n) is 6.06. The van der Waals surface area contributed by atoms with Crippen molar-refractivity contribution >= 4 is 22.1 Å². The Morgan fingerprint density at radius 1 is 1.35 bits per heavy atom. The summed E-state index contributed by atoms with van der Waals surface area (Å²) in [5.74, 6) is 0.824. The molecule has 3 aromatic rings. The lowest BCUT2D eigenvalue weighted by Gasteiger charge is -2.30. The van der Waals surface area contributed by atoms with E-state index >= 15 is 0 Å². The number of aromatic nitrogens is 4. The summed E-state index contributed by atoms with van der Waals surface area (Å²) in [5, 5.41) is 7.02. The first-order chi connectivity index (χ1) is 11.2. The molecule has 4 heterocycles. The van der Waals surface area contributed by atoms with E-state index < -0.39 is 0 Å². The van der Waals surface area contributed by atoms with Gasteiger partial charge in [0, 0.05) is 23.2 Å². The molecule has 0 spiro atoms. The van der Waals surface area contributed by atoms with Gasteiger partial charge in [-0.2, -0.15) is 0 Å². The molecule has 2 N–H and O–H groups in total. The van der Waals surface area contributed by atoms with Gasteiger partial charge in [0.15, 0.2) is 4.96 Å². The van der Waals surface area contributed by atoms with Crippen LogP contribution in [0, 0.1) is 6.92 Å². The van der Waals surface area contributed by atoms with Crippen molar-refractivity contribution in [2.45, 2.75) is 38.8 Å². The Morgan fingerprint density at radius 3 is 3.13 bits per heavy atom. The largest absolute Gasteiger partial charge is 0.364 e. The van der Waals surface area contributed by atoms with Crippen LogP contribution in [0.3, 0.4) is 0 Å². The molecule has 0 radical (unpaired) electrons. The quantitative estimate of drug-likeness (QED) is 0.774. The lowest BCUT2D eigenvalue weighted by Crippen LogP contribution is -2.46. The molecule has 0 aromatic carbocycles. The zero-order chi connectivity index (χ0) is 15.8. The topological polar surface area (TPSA) is 67.1 Å². The first-order valence-corrected chi connectivity index (χ1v) is 8.78. The summed E-state index contributed by atoms with van der Waals surface area (Å²) in [4.78, 5) is 15.8. The number of thiazole rings is 1. The number of piperidine rings is 1. The van der Waals surface area contributed by atoms with E-state index in [2.05, 4.69) is 45.0 Å². The van der Waals surface area contributed by atoms with Crippen LogP contribution in [0.2, 0.25) is 0 Å². The van der Waals surface area contributed by atoms with Crippen molar-refractivity contribution in [3.05, 3.63) is 29.7 Å². The number of hydrogen-bond donors (Lipinski definition) is 2. The SMILES string of the molecule is Cc1cn2c(-c3cncc(N[C@@H]4CCCN[C@H]4C)n3)cnc2s1. The number of anilines is 1. The summed E-state index contributed by atoms with van der Waals surface area (Å²) in [7, 11) is 0. The molecule has 0 bridgehead atoms. The van der Waals surface area contributed by atoms with Gasteiger partial charge in [-0.15, -0.1) is 11.3 Å². The van der Waals surface area contributed by atoms with E-state index in [1.54, 1.807) is 23.7 Å². The van der Waals surface area contributed by atoms with Gasteiger partial charge in [-0.05, 0) is 33.2 Å². The third-order valence-electron chi connectivity index (χ3n) is 4.32. The van der Waals surface area contributed by atoms with E-state index in [1.807, 2.05) is 6.20 Å². The maximum Gasteiger partial charge on any atom is 0.194 e. The van der Waals surface area contributed by atoms with Crippen LogP contribution in [-0.4, -0.2) is 38.0 Å². The van der Waals surface area contributed by atoms with Crippen LogP contribution in [0.25, 0.3) is 16.3 Å². The molecule has 0 amide bonds. The molecular formula is C16H20N6S. The Morgan fingerprint density at radius 2 is 2.26 bits per heavy atom. The maximum absolute atomic E-state index is 4.75. The van der Waals surface area contributed by atoms with Gasteiger partial charge in [0.25, 0.3) is 0 Å². The summed E-state index contributed by atoms with van der Waals surface area (Å²) >= 11 is 1.68.